The highest BCUT2D eigenvalue weighted by atomic mass is 16.4. The zero-order valence-corrected chi connectivity index (χ0v) is 5.51. The molecule has 0 spiro atoms. The van der Waals surface area contributed by atoms with Crippen LogP contribution >= 0.6 is 0 Å². The van der Waals surface area contributed by atoms with Crippen LogP contribution in [-0.2, 0) is 0 Å². The summed E-state index contributed by atoms with van der Waals surface area (Å²) >= 11 is 0. The lowest BCUT2D eigenvalue weighted by molar-refractivity contribution is 0.00926. The zero-order valence-electron chi connectivity index (χ0n) is 5.51. The molecule has 2 atom stereocenters. The third-order valence-corrected chi connectivity index (χ3v) is 1.02. The molecule has 0 rings (SSSR count). The smallest absolute Gasteiger partial charge is 0.106 e. The summed E-state index contributed by atoms with van der Waals surface area (Å²) in [5.74, 6) is 0. The van der Waals surface area contributed by atoms with Gasteiger partial charge in [0.05, 0.1) is 13.2 Å². The summed E-state index contributed by atoms with van der Waals surface area (Å²) in [6.07, 6.45) is 0.254. The van der Waals surface area contributed by atoms with Crippen molar-refractivity contribution in [3.63, 3.8) is 0 Å². The Morgan fingerprint density at radius 2 is 1.80 bits per heavy atom. The van der Waals surface area contributed by atoms with Gasteiger partial charge in [0, 0.05) is 0 Å². The standard InChI is InChI=1S/C6H12O4/c7-3-1-2-5(9)6(10)4-8/h1-2,5-10H,3-4H2/b2-1+/t5-,6+/m0/s1. The molecule has 0 aliphatic carbocycles. The minimum Gasteiger partial charge on any atom is -0.394 e. The van der Waals surface area contributed by atoms with Crippen molar-refractivity contribution in [1.29, 1.82) is 0 Å². The maximum Gasteiger partial charge on any atom is 0.106 e. The van der Waals surface area contributed by atoms with Gasteiger partial charge in [-0.2, -0.15) is 0 Å². The minimum atomic E-state index is -1.16. The summed E-state index contributed by atoms with van der Waals surface area (Å²) in [5.41, 5.74) is 0. The van der Waals surface area contributed by atoms with Crippen LogP contribution in [0.3, 0.4) is 0 Å². The van der Waals surface area contributed by atoms with E-state index in [2.05, 4.69) is 0 Å². The van der Waals surface area contributed by atoms with Crippen LogP contribution in [-0.4, -0.2) is 45.8 Å². The summed E-state index contributed by atoms with van der Waals surface area (Å²) in [4.78, 5) is 0. The van der Waals surface area contributed by atoms with E-state index in [-0.39, 0.29) is 6.61 Å². The topological polar surface area (TPSA) is 80.9 Å². The third kappa shape index (κ3) is 3.58. The van der Waals surface area contributed by atoms with Gasteiger partial charge >= 0.3 is 0 Å². The first-order chi connectivity index (χ1) is 4.72. The first-order valence-corrected chi connectivity index (χ1v) is 2.97. The van der Waals surface area contributed by atoms with Crippen LogP contribution in [0.1, 0.15) is 0 Å². The molecule has 0 saturated heterocycles. The maximum atomic E-state index is 8.84. The first kappa shape index (κ1) is 9.58. The Morgan fingerprint density at radius 1 is 1.20 bits per heavy atom. The zero-order chi connectivity index (χ0) is 7.98. The third-order valence-electron chi connectivity index (χ3n) is 1.02. The van der Waals surface area contributed by atoms with Crippen molar-refractivity contribution < 1.29 is 20.4 Å². The fraction of sp³-hybridized carbons (Fsp3) is 0.667. The van der Waals surface area contributed by atoms with Gasteiger partial charge in [-0.05, 0) is 0 Å². The van der Waals surface area contributed by atoms with Crippen molar-refractivity contribution in [1.82, 2.24) is 0 Å². The van der Waals surface area contributed by atoms with Gasteiger partial charge < -0.3 is 20.4 Å². The van der Waals surface area contributed by atoms with Gasteiger partial charge in [0.2, 0.25) is 0 Å². The molecule has 10 heavy (non-hydrogen) atoms. The van der Waals surface area contributed by atoms with Crippen molar-refractivity contribution in [2.24, 2.45) is 0 Å². The van der Waals surface area contributed by atoms with E-state index in [1.165, 1.54) is 12.2 Å². The highest BCUT2D eigenvalue weighted by Crippen LogP contribution is 1.93. The van der Waals surface area contributed by atoms with E-state index in [4.69, 9.17) is 20.4 Å². The van der Waals surface area contributed by atoms with Crippen LogP contribution in [0.5, 0.6) is 0 Å². The van der Waals surface area contributed by atoms with Crippen LogP contribution in [0.15, 0.2) is 12.2 Å². The monoisotopic (exact) mass is 148 g/mol. The average Bonchev–Trinajstić information content (AvgIpc) is 1.98. The summed E-state index contributed by atoms with van der Waals surface area (Å²) in [6, 6.07) is 0. The Morgan fingerprint density at radius 3 is 2.20 bits per heavy atom. The SMILES string of the molecule is OC/C=C/[C@H](O)[C@H](O)CO. The van der Waals surface area contributed by atoms with E-state index in [0.29, 0.717) is 0 Å². The van der Waals surface area contributed by atoms with Crippen molar-refractivity contribution in [2.75, 3.05) is 13.2 Å². The molecule has 4 N–H and O–H groups in total. The van der Waals surface area contributed by atoms with Crippen molar-refractivity contribution in [3.8, 4) is 0 Å². The fourth-order valence-electron chi connectivity index (χ4n) is 0.437. The van der Waals surface area contributed by atoms with Gasteiger partial charge in [0.25, 0.3) is 0 Å². The Bertz CT molecular complexity index is 102. The highest BCUT2D eigenvalue weighted by molar-refractivity contribution is 4.91. The molecule has 0 fully saturated rings. The molecule has 0 unspecified atom stereocenters. The second-order valence-electron chi connectivity index (χ2n) is 1.85. The summed E-state index contributed by atoms with van der Waals surface area (Å²) < 4.78 is 0. The number of rotatable bonds is 4. The molecule has 0 radical (unpaired) electrons. The van der Waals surface area contributed by atoms with Crippen LogP contribution in [0.25, 0.3) is 0 Å². The van der Waals surface area contributed by atoms with E-state index in [9.17, 15) is 0 Å². The molecule has 60 valence electrons. The van der Waals surface area contributed by atoms with E-state index in [1.54, 1.807) is 0 Å². The van der Waals surface area contributed by atoms with Crippen LogP contribution in [0, 0.1) is 0 Å². The van der Waals surface area contributed by atoms with E-state index < -0.39 is 18.8 Å². The molecule has 0 saturated carbocycles. The predicted octanol–water partition coefficient (Wildman–Crippen LogP) is -1.75. The number of hydrogen-bond donors (Lipinski definition) is 4. The Kier molecular flexibility index (Phi) is 5.15. The lowest BCUT2D eigenvalue weighted by atomic mass is 10.2. The summed E-state index contributed by atoms with van der Waals surface area (Å²) in [6.45, 7) is -0.674. The van der Waals surface area contributed by atoms with Gasteiger partial charge in [-0.1, -0.05) is 12.2 Å². The second kappa shape index (κ2) is 5.37. The lowest BCUT2D eigenvalue weighted by Gasteiger charge is -2.09. The first-order valence-electron chi connectivity index (χ1n) is 2.97. The molecular weight excluding hydrogens is 136 g/mol. The maximum absolute atomic E-state index is 8.84. The molecule has 0 aromatic carbocycles. The molecular formula is C6H12O4. The molecule has 4 nitrogen and oxygen atoms in total. The Balaban J connectivity index is 3.60. The van der Waals surface area contributed by atoms with Crippen LogP contribution < -0.4 is 0 Å². The molecule has 0 amide bonds. The molecule has 0 aromatic rings. The molecule has 0 aliphatic rings. The minimum absolute atomic E-state index is 0.185. The van der Waals surface area contributed by atoms with Gasteiger partial charge in [-0.3, -0.25) is 0 Å². The van der Waals surface area contributed by atoms with Crippen LogP contribution in [0.4, 0.5) is 0 Å². The van der Waals surface area contributed by atoms with Crippen molar-refractivity contribution in [2.45, 2.75) is 12.2 Å². The quantitative estimate of drug-likeness (QED) is 0.356. The Labute approximate surface area is 59.1 Å². The van der Waals surface area contributed by atoms with Gasteiger partial charge in [-0.15, -0.1) is 0 Å². The fourth-order valence-corrected chi connectivity index (χ4v) is 0.437. The van der Waals surface area contributed by atoms with Gasteiger partial charge in [0.1, 0.15) is 12.2 Å². The van der Waals surface area contributed by atoms with E-state index in [0.717, 1.165) is 0 Å². The number of aliphatic hydroxyl groups excluding tert-OH is 4. The Hall–Kier alpha value is -0.420. The average molecular weight is 148 g/mol. The second-order valence-corrected chi connectivity index (χ2v) is 1.85. The predicted molar refractivity (Wildman–Crippen MR) is 35.3 cm³/mol. The molecule has 0 heterocycles. The molecule has 0 bridgehead atoms. The van der Waals surface area contributed by atoms with Crippen molar-refractivity contribution >= 4 is 0 Å². The highest BCUT2D eigenvalue weighted by Gasteiger charge is 2.10. The number of aliphatic hydroxyl groups is 4. The summed E-state index contributed by atoms with van der Waals surface area (Å²) in [7, 11) is 0. The molecule has 4 heteroatoms. The number of hydrogen-bond acceptors (Lipinski definition) is 4. The lowest BCUT2D eigenvalue weighted by Crippen LogP contribution is -2.27. The summed E-state index contributed by atoms with van der Waals surface area (Å²) in [5, 5.41) is 34.1. The van der Waals surface area contributed by atoms with Crippen molar-refractivity contribution in [3.05, 3.63) is 12.2 Å². The van der Waals surface area contributed by atoms with Gasteiger partial charge in [-0.25, -0.2) is 0 Å². The largest absolute Gasteiger partial charge is 0.394 e. The van der Waals surface area contributed by atoms with E-state index >= 15 is 0 Å². The molecule has 0 aliphatic heterocycles. The normalized spacial score (nSPS) is 17.6. The van der Waals surface area contributed by atoms with E-state index in [1.807, 2.05) is 0 Å². The van der Waals surface area contributed by atoms with Gasteiger partial charge in [0.15, 0.2) is 0 Å². The molecule has 0 aromatic heterocycles. The van der Waals surface area contributed by atoms with Crippen LogP contribution in [0.2, 0.25) is 0 Å².